The summed E-state index contributed by atoms with van der Waals surface area (Å²) in [4.78, 5) is 11.6. The van der Waals surface area contributed by atoms with Crippen LogP contribution in [0.5, 0.6) is 0 Å². The number of aromatic nitrogens is 4. The van der Waals surface area contributed by atoms with E-state index in [1.807, 2.05) is 0 Å². The van der Waals surface area contributed by atoms with Gasteiger partial charge in [0.05, 0.1) is 0 Å². The smallest absolute Gasteiger partial charge is 0.292 e. The second-order valence-electron chi connectivity index (χ2n) is 4.47. The maximum Gasteiger partial charge on any atom is 0.292 e. The van der Waals surface area contributed by atoms with Gasteiger partial charge in [0.1, 0.15) is 0 Å². The van der Waals surface area contributed by atoms with Crippen LogP contribution < -0.4 is 5.32 Å². The summed E-state index contributed by atoms with van der Waals surface area (Å²) in [6.07, 6.45) is 5.06. The summed E-state index contributed by atoms with van der Waals surface area (Å²) in [6.45, 7) is 2.97. The number of tetrazole rings is 1. The normalized spacial score (nSPS) is 25.3. The molecule has 0 aliphatic heterocycles. The van der Waals surface area contributed by atoms with Gasteiger partial charge in [0.25, 0.3) is 11.7 Å². The van der Waals surface area contributed by atoms with Gasteiger partial charge >= 0.3 is 0 Å². The van der Waals surface area contributed by atoms with Crippen LogP contribution in [0.25, 0.3) is 0 Å². The fraction of sp³-hybridized carbons (Fsp3) is 0.800. The molecule has 0 radical (unpaired) electrons. The maximum atomic E-state index is 11.6. The van der Waals surface area contributed by atoms with Crippen molar-refractivity contribution in [1.29, 1.82) is 0 Å². The molecule has 1 aromatic heterocycles. The summed E-state index contributed by atoms with van der Waals surface area (Å²) in [6, 6.07) is 0. The molecule has 1 aliphatic carbocycles. The lowest BCUT2D eigenvalue weighted by Crippen LogP contribution is -2.33. The van der Waals surface area contributed by atoms with Crippen molar-refractivity contribution in [3.8, 4) is 0 Å². The van der Waals surface area contributed by atoms with Gasteiger partial charge in [-0.05, 0) is 23.5 Å². The minimum atomic E-state index is -0.244. The Balaban J connectivity index is 1.80. The summed E-state index contributed by atoms with van der Waals surface area (Å²) >= 11 is 0. The molecule has 1 amide bonds. The number of amides is 1. The van der Waals surface area contributed by atoms with Crippen molar-refractivity contribution in [2.75, 3.05) is 6.54 Å². The van der Waals surface area contributed by atoms with E-state index >= 15 is 0 Å². The molecular formula is C10H17N5O. The van der Waals surface area contributed by atoms with Crippen molar-refractivity contribution in [2.24, 2.45) is 11.8 Å². The third-order valence-corrected chi connectivity index (χ3v) is 3.36. The third kappa shape index (κ3) is 2.56. The number of aromatic amines is 1. The molecule has 2 unspecified atom stereocenters. The third-order valence-electron chi connectivity index (χ3n) is 3.36. The lowest BCUT2D eigenvalue weighted by Gasteiger charge is -2.28. The van der Waals surface area contributed by atoms with E-state index in [-0.39, 0.29) is 11.7 Å². The second kappa shape index (κ2) is 5.05. The zero-order valence-electron chi connectivity index (χ0n) is 9.44. The van der Waals surface area contributed by atoms with E-state index in [0.29, 0.717) is 18.4 Å². The Kier molecular flexibility index (Phi) is 3.48. The first-order valence-corrected chi connectivity index (χ1v) is 5.79. The summed E-state index contributed by atoms with van der Waals surface area (Å²) in [7, 11) is 0. The first kappa shape index (κ1) is 11.0. The average molecular weight is 223 g/mol. The topological polar surface area (TPSA) is 83.6 Å². The van der Waals surface area contributed by atoms with Crippen LogP contribution >= 0.6 is 0 Å². The SMILES string of the molecule is CC1CCCCC1CNC(=O)c1nn[nH]n1. The van der Waals surface area contributed by atoms with Gasteiger partial charge < -0.3 is 5.32 Å². The Labute approximate surface area is 94.2 Å². The molecule has 0 bridgehead atoms. The number of rotatable bonds is 3. The fourth-order valence-corrected chi connectivity index (χ4v) is 2.26. The van der Waals surface area contributed by atoms with Gasteiger partial charge in [-0.15, -0.1) is 10.2 Å². The number of carbonyl (C=O) groups excluding carboxylic acids is 1. The molecular weight excluding hydrogens is 206 g/mol. The molecule has 16 heavy (non-hydrogen) atoms. The minimum Gasteiger partial charge on any atom is -0.349 e. The van der Waals surface area contributed by atoms with Gasteiger partial charge in [0.2, 0.25) is 0 Å². The number of carbonyl (C=O) groups is 1. The Morgan fingerprint density at radius 1 is 1.50 bits per heavy atom. The van der Waals surface area contributed by atoms with Crippen LogP contribution in [-0.4, -0.2) is 33.1 Å². The number of nitrogens with one attached hydrogen (secondary N) is 2. The molecule has 0 aromatic carbocycles. The van der Waals surface area contributed by atoms with Crippen LogP contribution in [0.2, 0.25) is 0 Å². The van der Waals surface area contributed by atoms with Gasteiger partial charge in [-0.1, -0.05) is 26.2 Å². The number of nitrogens with zero attached hydrogens (tertiary/aromatic N) is 3. The number of H-pyrrole nitrogens is 1. The summed E-state index contributed by atoms with van der Waals surface area (Å²) < 4.78 is 0. The van der Waals surface area contributed by atoms with Crippen LogP contribution in [0.15, 0.2) is 0 Å². The van der Waals surface area contributed by atoms with Gasteiger partial charge in [0, 0.05) is 6.54 Å². The van der Waals surface area contributed by atoms with E-state index in [9.17, 15) is 4.79 Å². The molecule has 88 valence electrons. The Morgan fingerprint density at radius 2 is 2.31 bits per heavy atom. The first-order valence-electron chi connectivity index (χ1n) is 5.79. The van der Waals surface area contributed by atoms with Crippen LogP contribution in [-0.2, 0) is 0 Å². The highest BCUT2D eigenvalue weighted by Gasteiger charge is 2.22. The highest BCUT2D eigenvalue weighted by Crippen LogP contribution is 2.28. The van der Waals surface area contributed by atoms with Gasteiger partial charge in [-0.25, -0.2) is 0 Å². The van der Waals surface area contributed by atoms with E-state index in [2.05, 4.69) is 32.9 Å². The molecule has 1 aliphatic rings. The van der Waals surface area contributed by atoms with Gasteiger partial charge in [-0.3, -0.25) is 4.79 Å². The van der Waals surface area contributed by atoms with E-state index in [1.165, 1.54) is 25.7 Å². The maximum absolute atomic E-state index is 11.6. The van der Waals surface area contributed by atoms with Gasteiger partial charge in [-0.2, -0.15) is 5.21 Å². The Hall–Kier alpha value is -1.46. The quantitative estimate of drug-likeness (QED) is 0.792. The van der Waals surface area contributed by atoms with Crippen molar-refractivity contribution in [3.05, 3.63) is 5.82 Å². The van der Waals surface area contributed by atoms with Gasteiger partial charge in [0.15, 0.2) is 0 Å². The lowest BCUT2D eigenvalue weighted by molar-refractivity contribution is 0.0926. The summed E-state index contributed by atoms with van der Waals surface area (Å²) in [5.74, 6) is 1.15. The van der Waals surface area contributed by atoms with Crippen molar-refractivity contribution < 1.29 is 4.79 Å². The molecule has 2 N–H and O–H groups in total. The zero-order chi connectivity index (χ0) is 11.4. The molecule has 0 saturated heterocycles. The Morgan fingerprint density at radius 3 is 3.00 bits per heavy atom. The second-order valence-corrected chi connectivity index (χ2v) is 4.47. The predicted octanol–water partition coefficient (Wildman–Crippen LogP) is 0.756. The fourth-order valence-electron chi connectivity index (χ4n) is 2.26. The standard InChI is InChI=1S/C10H17N5O/c1-7-4-2-3-5-8(7)6-11-10(16)9-12-14-15-13-9/h7-8H,2-6H2,1H3,(H,11,16)(H,12,13,14,15). The zero-order valence-corrected chi connectivity index (χ0v) is 9.44. The van der Waals surface area contributed by atoms with Crippen LogP contribution in [0, 0.1) is 11.8 Å². The van der Waals surface area contributed by atoms with Crippen LogP contribution in [0.3, 0.4) is 0 Å². The van der Waals surface area contributed by atoms with Crippen LogP contribution in [0.4, 0.5) is 0 Å². The lowest BCUT2D eigenvalue weighted by atomic mass is 9.80. The molecule has 6 heteroatoms. The van der Waals surface area contributed by atoms with E-state index in [4.69, 9.17) is 0 Å². The molecule has 2 rings (SSSR count). The van der Waals surface area contributed by atoms with Crippen molar-refractivity contribution >= 4 is 5.91 Å². The number of hydrogen-bond donors (Lipinski definition) is 2. The average Bonchev–Trinajstić information content (AvgIpc) is 2.81. The number of hydrogen-bond acceptors (Lipinski definition) is 4. The van der Waals surface area contributed by atoms with Crippen molar-refractivity contribution in [3.63, 3.8) is 0 Å². The highest BCUT2D eigenvalue weighted by atomic mass is 16.2. The molecule has 1 saturated carbocycles. The summed E-state index contributed by atoms with van der Waals surface area (Å²) in [5, 5.41) is 15.8. The predicted molar refractivity (Wildman–Crippen MR) is 57.6 cm³/mol. The monoisotopic (exact) mass is 223 g/mol. The van der Waals surface area contributed by atoms with Crippen LogP contribution in [0.1, 0.15) is 43.2 Å². The molecule has 1 aromatic rings. The molecule has 1 heterocycles. The van der Waals surface area contributed by atoms with E-state index in [1.54, 1.807) is 0 Å². The molecule has 2 atom stereocenters. The molecule has 1 fully saturated rings. The first-order chi connectivity index (χ1) is 7.77. The largest absolute Gasteiger partial charge is 0.349 e. The molecule has 0 spiro atoms. The Bertz CT molecular complexity index is 337. The highest BCUT2D eigenvalue weighted by molar-refractivity contribution is 5.89. The van der Waals surface area contributed by atoms with Crippen molar-refractivity contribution in [2.45, 2.75) is 32.6 Å². The minimum absolute atomic E-state index is 0.114. The van der Waals surface area contributed by atoms with E-state index in [0.717, 1.165) is 0 Å². The molecule has 6 nitrogen and oxygen atoms in total. The van der Waals surface area contributed by atoms with E-state index < -0.39 is 0 Å². The summed E-state index contributed by atoms with van der Waals surface area (Å²) in [5.41, 5.74) is 0. The van der Waals surface area contributed by atoms with Crippen molar-refractivity contribution in [1.82, 2.24) is 25.9 Å².